The zero-order valence-electron chi connectivity index (χ0n) is 26.5. The number of carbonyl (C=O) groups excluding carboxylic acids is 3. The van der Waals surface area contributed by atoms with Gasteiger partial charge in [0.15, 0.2) is 0 Å². The first kappa shape index (κ1) is 33.0. The van der Waals surface area contributed by atoms with Crippen LogP contribution in [0.3, 0.4) is 0 Å². The summed E-state index contributed by atoms with van der Waals surface area (Å²) in [4.78, 5) is 58.0. The van der Waals surface area contributed by atoms with Gasteiger partial charge < -0.3 is 35.2 Å². The summed E-state index contributed by atoms with van der Waals surface area (Å²) in [6, 6.07) is 15.5. The van der Waals surface area contributed by atoms with Gasteiger partial charge in [0, 0.05) is 55.3 Å². The number of hydrogen-bond acceptors (Lipinski definition) is 7. The number of anilines is 2. The Bertz CT molecular complexity index is 1540. The van der Waals surface area contributed by atoms with Crippen LogP contribution in [0.4, 0.5) is 16.2 Å². The number of rotatable bonds is 8. The largest absolute Gasteiger partial charge is 0.481 e. The predicted molar refractivity (Wildman–Crippen MR) is 178 cm³/mol. The maximum absolute atomic E-state index is 13.5. The van der Waals surface area contributed by atoms with Gasteiger partial charge in [-0.15, -0.1) is 11.3 Å². The van der Waals surface area contributed by atoms with Gasteiger partial charge in [0.25, 0.3) is 11.8 Å². The fourth-order valence-electron chi connectivity index (χ4n) is 5.59. The summed E-state index contributed by atoms with van der Waals surface area (Å²) in [6.45, 7) is 10.7. The van der Waals surface area contributed by atoms with Crippen molar-refractivity contribution in [2.75, 3.05) is 62.7 Å². The molecule has 5 rings (SSSR count). The van der Waals surface area contributed by atoms with Crippen LogP contribution in [0.25, 0.3) is 0 Å². The zero-order chi connectivity index (χ0) is 32.8. The third-order valence-corrected chi connectivity index (χ3v) is 9.25. The van der Waals surface area contributed by atoms with E-state index in [-0.39, 0.29) is 29.3 Å². The van der Waals surface area contributed by atoms with E-state index in [1.165, 1.54) is 11.3 Å². The number of piperazine rings is 1. The second-order valence-electron chi connectivity index (χ2n) is 12.5. The van der Waals surface area contributed by atoms with Crippen LogP contribution in [-0.4, -0.2) is 91.2 Å². The number of thiophene rings is 1. The molecule has 244 valence electrons. The molecule has 2 aromatic carbocycles. The first-order valence-corrected chi connectivity index (χ1v) is 16.4. The molecule has 1 unspecified atom stereocenters. The summed E-state index contributed by atoms with van der Waals surface area (Å²) >= 11 is 1.38. The third kappa shape index (κ3) is 8.04. The number of carbonyl (C=O) groups is 4. The van der Waals surface area contributed by atoms with E-state index in [2.05, 4.69) is 36.3 Å². The average molecular weight is 648 g/mol. The summed E-state index contributed by atoms with van der Waals surface area (Å²) in [5.74, 6) is -1.79. The number of ether oxygens (including phenoxy) is 1. The van der Waals surface area contributed by atoms with E-state index >= 15 is 0 Å². The smallest absolute Gasteiger partial charge is 0.320 e. The predicted octanol–water partition coefficient (Wildman–Crippen LogP) is 4.82. The SMILES string of the molecule is CC(C)(C)c1ccc(C(=O)Nc2cc(C(=O)NC(CC(=O)O)c3cccs3)ccc2N2CCN(C(=O)N3CCOCC3)CC2)cc1. The highest BCUT2D eigenvalue weighted by molar-refractivity contribution is 7.10. The van der Waals surface area contributed by atoms with Crippen LogP contribution >= 0.6 is 11.3 Å². The molecule has 2 aliphatic heterocycles. The Hall–Kier alpha value is -4.42. The summed E-state index contributed by atoms with van der Waals surface area (Å²) < 4.78 is 5.38. The van der Waals surface area contributed by atoms with Gasteiger partial charge in [-0.05, 0) is 52.8 Å². The third-order valence-electron chi connectivity index (χ3n) is 8.26. The summed E-state index contributed by atoms with van der Waals surface area (Å²) in [5.41, 5.74) is 3.00. The minimum Gasteiger partial charge on any atom is -0.481 e. The number of benzene rings is 2. The van der Waals surface area contributed by atoms with E-state index in [1.54, 1.807) is 36.4 Å². The lowest BCUT2D eigenvalue weighted by Gasteiger charge is -2.39. The van der Waals surface area contributed by atoms with Gasteiger partial charge in [0.2, 0.25) is 0 Å². The van der Waals surface area contributed by atoms with Gasteiger partial charge in [0.1, 0.15) is 0 Å². The second kappa shape index (κ2) is 14.3. The van der Waals surface area contributed by atoms with Gasteiger partial charge in [-0.1, -0.05) is 39.0 Å². The Kier molecular flexibility index (Phi) is 10.3. The Morgan fingerprint density at radius 3 is 2.13 bits per heavy atom. The lowest BCUT2D eigenvalue weighted by molar-refractivity contribution is -0.137. The van der Waals surface area contributed by atoms with E-state index in [9.17, 15) is 24.3 Å². The number of carboxylic acid groups (broad SMARTS) is 1. The molecule has 2 aliphatic rings. The number of carboxylic acids is 1. The molecule has 4 amide bonds. The van der Waals surface area contributed by atoms with Crippen molar-refractivity contribution in [3.63, 3.8) is 0 Å². The van der Waals surface area contributed by atoms with Crippen molar-refractivity contribution in [2.45, 2.75) is 38.6 Å². The number of amides is 4. The molecule has 2 saturated heterocycles. The van der Waals surface area contributed by atoms with Crippen molar-refractivity contribution in [3.05, 3.63) is 81.5 Å². The van der Waals surface area contributed by atoms with Crippen LogP contribution in [0.5, 0.6) is 0 Å². The molecular weight excluding hydrogens is 606 g/mol. The van der Waals surface area contributed by atoms with Crippen molar-refractivity contribution in [1.82, 2.24) is 15.1 Å². The van der Waals surface area contributed by atoms with E-state index < -0.39 is 17.9 Å². The molecule has 0 bridgehead atoms. The number of hydrogen-bond donors (Lipinski definition) is 3. The quantitative estimate of drug-likeness (QED) is 0.320. The number of nitrogens with one attached hydrogen (secondary N) is 2. The van der Waals surface area contributed by atoms with Crippen molar-refractivity contribution in [3.8, 4) is 0 Å². The van der Waals surface area contributed by atoms with Crippen LogP contribution in [0.15, 0.2) is 60.0 Å². The topological polar surface area (TPSA) is 132 Å². The molecule has 1 aromatic heterocycles. The lowest BCUT2D eigenvalue weighted by atomic mass is 9.86. The molecule has 0 saturated carbocycles. The van der Waals surface area contributed by atoms with Gasteiger partial charge in [0.05, 0.1) is 37.1 Å². The normalized spacial score (nSPS) is 16.1. The van der Waals surface area contributed by atoms with Crippen molar-refractivity contribution < 1.29 is 29.0 Å². The molecule has 0 radical (unpaired) electrons. The summed E-state index contributed by atoms with van der Waals surface area (Å²) in [6.07, 6.45) is -0.258. The molecular formula is C34H41N5O6S. The van der Waals surface area contributed by atoms with Crippen molar-refractivity contribution in [1.29, 1.82) is 0 Å². The molecule has 3 heterocycles. The number of morpholine rings is 1. The van der Waals surface area contributed by atoms with E-state index in [0.717, 1.165) is 16.1 Å². The minimum atomic E-state index is -1.02. The van der Waals surface area contributed by atoms with Crippen LogP contribution in [0, 0.1) is 0 Å². The molecule has 3 aromatic rings. The van der Waals surface area contributed by atoms with E-state index in [4.69, 9.17) is 4.74 Å². The molecule has 0 aliphatic carbocycles. The molecule has 11 nitrogen and oxygen atoms in total. The lowest BCUT2D eigenvalue weighted by Crippen LogP contribution is -2.54. The fraction of sp³-hybridized carbons (Fsp3) is 0.412. The van der Waals surface area contributed by atoms with Crippen molar-refractivity contribution >= 4 is 46.5 Å². The van der Waals surface area contributed by atoms with Crippen LogP contribution in [0.2, 0.25) is 0 Å². The monoisotopic (exact) mass is 647 g/mol. The van der Waals surface area contributed by atoms with E-state index in [0.29, 0.717) is 63.7 Å². The summed E-state index contributed by atoms with van der Waals surface area (Å²) in [7, 11) is 0. The van der Waals surface area contributed by atoms with E-state index in [1.807, 2.05) is 33.4 Å². The Morgan fingerprint density at radius 2 is 1.52 bits per heavy atom. The Morgan fingerprint density at radius 1 is 0.870 bits per heavy atom. The van der Waals surface area contributed by atoms with Gasteiger partial charge in [-0.2, -0.15) is 0 Å². The standard InChI is InChI=1S/C34H41N5O6S/c1-34(2,3)25-9-6-23(7-10-25)31(42)35-26-21-24(32(43)36-27(22-30(40)41)29-5-4-20-46-29)8-11-28(26)37-12-14-38(15-13-37)33(44)39-16-18-45-19-17-39/h4-11,20-21,27H,12-19,22H2,1-3H3,(H,35,42)(H,36,43)(H,40,41). The van der Waals surface area contributed by atoms with Crippen LogP contribution < -0.4 is 15.5 Å². The zero-order valence-corrected chi connectivity index (χ0v) is 27.3. The highest BCUT2D eigenvalue weighted by Gasteiger charge is 2.28. The molecule has 3 N–H and O–H groups in total. The first-order valence-electron chi connectivity index (χ1n) is 15.5. The maximum atomic E-state index is 13.5. The summed E-state index contributed by atoms with van der Waals surface area (Å²) in [5, 5.41) is 17.2. The Balaban J connectivity index is 1.37. The number of nitrogens with zero attached hydrogens (tertiary/aromatic N) is 3. The number of urea groups is 1. The van der Waals surface area contributed by atoms with Gasteiger partial charge in [-0.25, -0.2) is 4.79 Å². The van der Waals surface area contributed by atoms with Crippen LogP contribution in [-0.2, 0) is 14.9 Å². The first-order chi connectivity index (χ1) is 22.0. The molecule has 0 spiro atoms. The average Bonchev–Trinajstić information content (AvgIpc) is 3.59. The van der Waals surface area contributed by atoms with Crippen molar-refractivity contribution in [2.24, 2.45) is 0 Å². The van der Waals surface area contributed by atoms with Gasteiger partial charge >= 0.3 is 12.0 Å². The fourth-order valence-corrected chi connectivity index (χ4v) is 6.37. The van der Waals surface area contributed by atoms with Crippen LogP contribution in [0.1, 0.15) is 64.4 Å². The minimum absolute atomic E-state index is 0.00357. The second-order valence-corrected chi connectivity index (χ2v) is 13.5. The Labute approximate surface area is 273 Å². The molecule has 46 heavy (non-hydrogen) atoms. The maximum Gasteiger partial charge on any atom is 0.320 e. The molecule has 2 fully saturated rings. The highest BCUT2D eigenvalue weighted by atomic mass is 32.1. The molecule has 1 atom stereocenters. The number of aliphatic carboxylic acids is 1. The van der Waals surface area contributed by atoms with Gasteiger partial charge in [-0.3, -0.25) is 14.4 Å². The highest BCUT2D eigenvalue weighted by Crippen LogP contribution is 2.31. The molecule has 12 heteroatoms.